The molecule has 0 radical (unpaired) electrons. The largest absolute Gasteiger partial charge is 0.492 e. The van der Waals surface area contributed by atoms with Gasteiger partial charge in [-0.05, 0) is 61.7 Å². The maximum Gasteiger partial charge on any atom is 0.242 e. The molecule has 3 aromatic carbocycles. The smallest absolute Gasteiger partial charge is 0.242 e. The minimum Gasteiger partial charge on any atom is -0.492 e. The second-order valence-corrected chi connectivity index (χ2v) is 10.2. The van der Waals surface area contributed by atoms with E-state index in [1.165, 1.54) is 16.7 Å². The number of hydrogen-bond donors (Lipinski definition) is 1. The Morgan fingerprint density at radius 3 is 2.19 bits per heavy atom. The Morgan fingerprint density at radius 1 is 0.919 bits per heavy atom. The number of carbonyl (C=O) groups excluding carboxylic acids is 3. The number of carbonyl (C=O) groups is 3. The van der Waals surface area contributed by atoms with Crippen molar-refractivity contribution < 1.29 is 19.1 Å². The van der Waals surface area contributed by atoms with E-state index in [0.717, 1.165) is 10.5 Å². The van der Waals surface area contributed by atoms with E-state index in [-0.39, 0.29) is 29.6 Å². The van der Waals surface area contributed by atoms with Gasteiger partial charge in [-0.2, -0.15) is 0 Å². The fraction of sp³-hybridized carbons (Fsp3) is 0.233. The van der Waals surface area contributed by atoms with Crippen molar-refractivity contribution in [3.8, 4) is 5.75 Å². The summed E-state index contributed by atoms with van der Waals surface area (Å²) in [6.45, 7) is 2.40. The number of amides is 3. The Balaban J connectivity index is 1.36. The molecule has 3 aromatic rings. The molecule has 3 amide bonds. The van der Waals surface area contributed by atoms with Gasteiger partial charge in [0.15, 0.2) is 0 Å². The van der Waals surface area contributed by atoms with Gasteiger partial charge in [-0.3, -0.25) is 19.3 Å². The number of ether oxygens (including phenoxy) is 1. The molecule has 0 unspecified atom stereocenters. The minimum absolute atomic E-state index is 0.130. The lowest BCUT2D eigenvalue weighted by atomic mass is 9.85. The van der Waals surface area contributed by atoms with Gasteiger partial charge < -0.3 is 10.1 Å². The molecule has 1 N–H and O–H groups in total. The SMILES string of the molecule is CCOc1ccccc1NC(=O)[C@H](Sc1ccc(N2C(=O)[C@H]3CC=CC[C@H]3C2=O)cc1)c1ccccc1. The Bertz CT molecular complexity index is 1300. The zero-order chi connectivity index (χ0) is 25.8. The van der Waals surface area contributed by atoms with Crippen LogP contribution in [0.15, 0.2) is 95.9 Å². The third-order valence-electron chi connectivity index (χ3n) is 6.64. The second-order valence-electron chi connectivity index (χ2n) is 8.99. The van der Waals surface area contributed by atoms with Crippen LogP contribution in [0.3, 0.4) is 0 Å². The number of thioether (sulfide) groups is 1. The first-order valence-electron chi connectivity index (χ1n) is 12.4. The van der Waals surface area contributed by atoms with E-state index in [1.54, 1.807) is 12.1 Å². The Hall–Kier alpha value is -3.84. The van der Waals surface area contributed by atoms with Gasteiger partial charge >= 0.3 is 0 Å². The standard InChI is InChI=1S/C30H28N2O4S/c1-2-36-26-15-9-8-14-25(26)31-28(33)27(20-10-4-3-5-11-20)37-22-18-16-21(17-19-22)32-29(34)23-12-6-7-13-24(23)30(32)35/h3-11,14-19,23-24,27H,2,12-13H2,1H3,(H,31,33)/t23-,24+,27-/m1/s1. The number of benzene rings is 3. The lowest BCUT2D eigenvalue weighted by Crippen LogP contribution is -2.30. The number of hydrogen-bond acceptors (Lipinski definition) is 5. The number of nitrogens with zero attached hydrogens (tertiary/aromatic N) is 1. The molecule has 0 spiro atoms. The molecule has 37 heavy (non-hydrogen) atoms. The van der Waals surface area contributed by atoms with Crippen LogP contribution >= 0.6 is 11.8 Å². The Labute approximate surface area is 220 Å². The number of para-hydroxylation sites is 2. The molecular weight excluding hydrogens is 484 g/mol. The van der Waals surface area contributed by atoms with Crippen molar-refractivity contribution in [1.82, 2.24) is 0 Å². The van der Waals surface area contributed by atoms with Gasteiger partial charge in [0.1, 0.15) is 11.0 Å². The van der Waals surface area contributed by atoms with Crippen LogP contribution in [0, 0.1) is 11.8 Å². The van der Waals surface area contributed by atoms with E-state index in [9.17, 15) is 14.4 Å². The molecule has 0 saturated carbocycles. The maximum atomic E-state index is 13.5. The first kappa shape index (κ1) is 24.8. The zero-order valence-electron chi connectivity index (χ0n) is 20.5. The van der Waals surface area contributed by atoms with Crippen molar-refractivity contribution in [3.63, 3.8) is 0 Å². The number of allylic oxidation sites excluding steroid dienone is 2. The molecule has 2 aliphatic rings. The molecule has 1 heterocycles. The molecule has 1 aliphatic heterocycles. The Kier molecular flexibility index (Phi) is 7.42. The van der Waals surface area contributed by atoms with Crippen LogP contribution in [0.25, 0.3) is 0 Å². The predicted molar refractivity (Wildman–Crippen MR) is 146 cm³/mol. The lowest BCUT2D eigenvalue weighted by Gasteiger charge is -2.19. The van der Waals surface area contributed by atoms with Crippen LogP contribution < -0.4 is 15.0 Å². The third kappa shape index (κ3) is 5.18. The topological polar surface area (TPSA) is 75.7 Å². The molecular formula is C30H28N2O4S. The van der Waals surface area contributed by atoms with Crippen LogP contribution in [0.2, 0.25) is 0 Å². The van der Waals surface area contributed by atoms with Gasteiger partial charge in [0.2, 0.25) is 17.7 Å². The van der Waals surface area contributed by atoms with Gasteiger partial charge in [-0.25, -0.2) is 0 Å². The highest BCUT2D eigenvalue weighted by molar-refractivity contribution is 8.00. The maximum absolute atomic E-state index is 13.5. The van der Waals surface area contributed by atoms with E-state index in [1.807, 2.05) is 85.8 Å². The van der Waals surface area contributed by atoms with Gasteiger partial charge in [0.05, 0.1) is 29.8 Å². The van der Waals surface area contributed by atoms with Gasteiger partial charge in [0.25, 0.3) is 0 Å². The number of rotatable bonds is 8. The van der Waals surface area contributed by atoms with Crippen LogP contribution in [0.4, 0.5) is 11.4 Å². The molecule has 0 bridgehead atoms. The number of anilines is 2. The Morgan fingerprint density at radius 2 is 1.54 bits per heavy atom. The normalized spacial score (nSPS) is 19.4. The molecule has 188 valence electrons. The van der Waals surface area contributed by atoms with Crippen molar-refractivity contribution in [3.05, 3.63) is 96.6 Å². The molecule has 6 nitrogen and oxygen atoms in total. The van der Waals surface area contributed by atoms with Gasteiger partial charge in [-0.1, -0.05) is 54.6 Å². The van der Waals surface area contributed by atoms with Crippen LogP contribution in [-0.2, 0) is 14.4 Å². The first-order valence-corrected chi connectivity index (χ1v) is 13.3. The molecule has 1 fully saturated rings. The fourth-order valence-corrected chi connectivity index (χ4v) is 5.84. The summed E-state index contributed by atoms with van der Waals surface area (Å²) in [5, 5.41) is 2.50. The summed E-state index contributed by atoms with van der Waals surface area (Å²) in [5.41, 5.74) is 2.05. The van der Waals surface area contributed by atoms with E-state index < -0.39 is 5.25 Å². The van der Waals surface area contributed by atoms with E-state index in [2.05, 4.69) is 5.32 Å². The average Bonchev–Trinajstić information content (AvgIpc) is 3.19. The van der Waals surface area contributed by atoms with Crippen molar-refractivity contribution in [2.24, 2.45) is 11.8 Å². The van der Waals surface area contributed by atoms with Crippen molar-refractivity contribution in [2.45, 2.75) is 29.9 Å². The predicted octanol–water partition coefficient (Wildman–Crippen LogP) is 6.01. The molecule has 5 rings (SSSR count). The summed E-state index contributed by atoms with van der Waals surface area (Å²) in [6, 6.07) is 24.3. The average molecular weight is 513 g/mol. The molecule has 0 aromatic heterocycles. The van der Waals surface area contributed by atoms with E-state index >= 15 is 0 Å². The minimum atomic E-state index is -0.522. The summed E-state index contributed by atoms with van der Waals surface area (Å²) in [5.74, 6) is -0.345. The first-order chi connectivity index (χ1) is 18.1. The molecule has 1 saturated heterocycles. The summed E-state index contributed by atoms with van der Waals surface area (Å²) in [4.78, 5) is 41.5. The lowest BCUT2D eigenvalue weighted by molar-refractivity contribution is -0.122. The molecule has 3 atom stereocenters. The highest BCUT2D eigenvalue weighted by atomic mass is 32.2. The van der Waals surface area contributed by atoms with Crippen molar-refractivity contribution in [1.29, 1.82) is 0 Å². The monoisotopic (exact) mass is 512 g/mol. The van der Waals surface area contributed by atoms with E-state index in [0.29, 0.717) is 36.6 Å². The van der Waals surface area contributed by atoms with Gasteiger partial charge in [0, 0.05) is 4.90 Å². The number of fused-ring (bicyclic) bond motifs is 1. The summed E-state index contributed by atoms with van der Waals surface area (Å²) >= 11 is 1.41. The summed E-state index contributed by atoms with van der Waals surface area (Å²) in [6.07, 6.45) is 5.19. The van der Waals surface area contributed by atoms with Crippen molar-refractivity contribution >= 4 is 40.9 Å². The van der Waals surface area contributed by atoms with Crippen LogP contribution in [0.1, 0.15) is 30.6 Å². The fourth-order valence-electron chi connectivity index (χ4n) is 4.81. The van der Waals surface area contributed by atoms with Crippen LogP contribution in [-0.4, -0.2) is 24.3 Å². The highest BCUT2D eigenvalue weighted by Gasteiger charge is 2.47. The second kappa shape index (κ2) is 11.0. The third-order valence-corrected chi connectivity index (χ3v) is 7.91. The van der Waals surface area contributed by atoms with Crippen LogP contribution in [0.5, 0.6) is 5.75 Å². The quantitative estimate of drug-likeness (QED) is 0.227. The molecule has 1 aliphatic carbocycles. The van der Waals surface area contributed by atoms with E-state index in [4.69, 9.17) is 4.74 Å². The zero-order valence-corrected chi connectivity index (χ0v) is 21.3. The summed E-state index contributed by atoms with van der Waals surface area (Å²) < 4.78 is 5.67. The van der Waals surface area contributed by atoms with Crippen molar-refractivity contribution in [2.75, 3.05) is 16.8 Å². The highest BCUT2D eigenvalue weighted by Crippen LogP contribution is 2.40. The number of nitrogens with one attached hydrogen (secondary N) is 1. The van der Waals surface area contributed by atoms with Gasteiger partial charge in [-0.15, -0.1) is 11.8 Å². The molecule has 7 heteroatoms. The number of imide groups is 1. The summed E-state index contributed by atoms with van der Waals surface area (Å²) in [7, 11) is 0.